The number of ketones is 1. The van der Waals surface area contributed by atoms with E-state index in [0.717, 1.165) is 16.7 Å². The zero-order valence-corrected chi connectivity index (χ0v) is 55.1. The summed E-state index contributed by atoms with van der Waals surface area (Å²) >= 11 is 0. The van der Waals surface area contributed by atoms with Crippen LogP contribution in [0.5, 0.6) is 0 Å². The number of hydrogen-bond donors (Lipinski definition) is 9. The van der Waals surface area contributed by atoms with Gasteiger partial charge in [0.25, 0.3) is 5.91 Å². The van der Waals surface area contributed by atoms with E-state index in [-0.39, 0.29) is 58.9 Å². The molecule has 0 saturated heterocycles. The molecule has 0 heterocycles. The molecule has 9 amide bonds. The summed E-state index contributed by atoms with van der Waals surface area (Å²) in [5.74, 6) is -9.88. The van der Waals surface area contributed by atoms with Crippen LogP contribution < -0.4 is 48.3 Å². The Bertz CT molecular complexity index is 3280. The smallest absolute Gasteiger partial charge is 0.312 e. The summed E-state index contributed by atoms with van der Waals surface area (Å²) in [5.41, 5.74) is 6.90. The molecule has 0 saturated carbocycles. The van der Waals surface area contributed by atoms with Crippen molar-refractivity contribution in [2.24, 2.45) is 17.6 Å². The molecule has 0 aliphatic heterocycles. The van der Waals surface area contributed by atoms with Crippen LogP contribution in [-0.2, 0) is 69.3 Å². The van der Waals surface area contributed by atoms with Crippen LogP contribution in [0.4, 0.5) is 10.5 Å². The van der Waals surface area contributed by atoms with Crippen molar-refractivity contribution in [3.63, 3.8) is 0 Å². The fourth-order valence-corrected chi connectivity index (χ4v) is 12.2. The van der Waals surface area contributed by atoms with Crippen LogP contribution in [0, 0.1) is 25.7 Å². The molecular weight excluding hydrogens is 1210 g/mol. The third-order valence-corrected chi connectivity index (χ3v) is 17.8. The zero-order chi connectivity index (χ0) is 67.7. The van der Waals surface area contributed by atoms with Gasteiger partial charge in [0, 0.05) is 43.4 Å². The number of urea groups is 1. The van der Waals surface area contributed by atoms with Crippen LogP contribution in [0.25, 0.3) is 0 Å². The molecule has 0 fully saturated rings. The van der Waals surface area contributed by atoms with E-state index < -0.39 is 139 Å². The minimum absolute atomic E-state index is 0.0539. The first-order chi connectivity index (χ1) is 42.7. The number of nitrogens with two attached hydrogens (primary N) is 1. The van der Waals surface area contributed by atoms with Gasteiger partial charge in [-0.1, -0.05) is 73.5 Å². The molecule has 91 heavy (non-hydrogen) atoms. The molecule has 1 unspecified atom stereocenters. The molecule has 4 aromatic rings. The second-order valence-electron chi connectivity index (χ2n) is 24.0. The molecule has 0 aliphatic carbocycles. The minimum atomic E-state index is -4.20. The van der Waals surface area contributed by atoms with Gasteiger partial charge in [-0.2, -0.15) is 0 Å². The highest BCUT2D eigenvalue weighted by Gasteiger charge is 2.34. The Hall–Kier alpha value is -8.11. The molecule has 4 aromatic carbocycles. The van der Waals surface area contributed by atoms with E-state index in [0.29, 0.717) is 31.9 Å². The number of Topliss-reactive ketones (excluding diaryl/α,β-unsaturated/α-hetero) is 1. The highest BCUT2D eigenvalue weighted by atomic mass is 32.2. The number of carbonyl (C=O) groups is 9. The van der Waals surface area contributed by atoms with Gasteiger partial charge in [0.05, 0.1) is 71.3 Å². The lowest BCUT2D eigenvalue weighted by molar-refractivity contribution is -0.133. The van der Waals surface area contributed by atoms with Gasteiger partial charge in [-0.3, -0.25) is 38.4 Å². The predicted molar refractivity (Wildman–Crippen MR) is 342 cm³/mol. The largest absolute Gasteiger partial charge is 0.380 e. The highest BCUT2D eigenvalue weighted by molar-refractivity contribution is 7.92. The monoisotopic (exact) mass is 1300 g/mol. The number of anilines is 1. The Morgan fingerprint density at radius 3 is 1.64 bits per heavy atom. The maximum absolute atomic E-state index is 14.1. The summed E-state index contributed by atoms with van der Waals surface area (Å²) in [5, 5.41) is 20.7. The summed E-state index contributed by atoms with van der Waals surface area (Å²) in [6.45, 7) is 16.3. The fourth-order valence-electron chi connectivity index (χ4n) is 8.99. The fraction of sp³-hybridized carbons (Fsp3) is 0.484. The molecule has 498 valence electrons. The van der Waals surface area contributed by atoms with Crippen molar-refractivity contribution in [3.8, 4) is 0 Å². The topological polar surface area (TPSA) is 372 Å². The van der Waals surface area contributed by atoms with Crippen LogP contribution in [0.2, 0.25) is 0 Å². The number of nitrogens with one attached hydrogen (secondary N) is 8. The van der Waals surface area contributed by atoms with E-state index in [9.17, 15) is 60.0 Å². The van der Waals surface area contributed by atoms with Gasteiger partial charge < -0.3 is 62.5 Å². The maximum atomic E-state index is 14.1. The highest BCUT2D eigenvalue weighted by Crippen LogP contribution is 2.24. The number of methoxy groups -OCH3 is 1. The summed E-state index contributed by atoms with van der Waals surface area (Å²) in [6, 6.07) is 18.9. The molecule has 0 radical (unpaired) electrons. The molecule has 0 aliphatic rings. The van der Waals surface area contributed by atoms with Gasteiger partial charge in [0.1, 0.15) is 18.1 Å². The number of primary amides is 1. The summed E-state index contributed by atoms with van der Waals surface area (Å²) in [4.78, 5) is 120. The average Bonchev–Trinajstić information content (AvgIpc) is 0.864. The van der Waals surface area contributed by atoms with E-state index in [1.807, 2.05) is 34.6 Å². The molecule has 4 rings (SSSR count). The molecule has 0 bridgehead atoms. The third kappa shape index (κ3) is 27.1. The first kappa shape index (κ1) is 75.3. The quantitative estimate of drug-likeness (QED) is 0.0226. The summed E-state index contributed by atoms with van der Waals surface area (Å²) in [6.07, 6.45) is -0.170. The van der Waals surface area contributed by atoms with Crippen molar-refractivity contribution in [2.75, 3.05) is 63.3 Å². The van der Waals surface area contributed by atoms with Crippen molar-refractivity contribution in [1.29, 1.82) is 0 Å². The molecule has 10 N–H and O–H groups in total. The van der Waals surface area contributed by atoms with Gasteiger partial charge in [-0.05, 0) is 134 Å². The average molecular weight is 1300 g/mol. The van der Waals surface area contributed by atoms with E-state index in [1.54, 1.807) is 83.3 Å². The number of sulfone groups is 2. The number of amides is 9. The number of aryl methyl sites for hydroxylation is 2. The zero-order valence-electron chi connectivity index (χ0n) is 53.4. The lowest BCUT2D eigenvalue weighted by Crippen LogP contribution is -2.55. The molecular formula is C64H89N9O16S2. The van der Waals surface area contributed by atoms with Crippen LogP contribution in [0.3, 0.4) is 0 Å². The number of ether oxygens (including phenoxy) is 3. The van der Waals surface area contributed by atoms with Crippen molar-refractivity contribution in [1.82, 2.24) is 37.2 Å². The number of rotatable bonds is 37. The molecule has 0 spiro atoms. The van der Waals surface area contributed by atoms with Crippen LogP contribution in [0.1, 0.15) is 118 Å². The minimum Gasteiger partial charge on any atom is -0.380 e. The Morgan fingerprint density at radius 1 is 0.560 bits per heavy atom. The summed E-state index contributed by atoms with van der Waals surface area (Å²) < 4.78 is 71.5. The first-order valence-electron chi connectivity index (χ1n) is 29.8. The van der Waals surface area contributed by atoms with E-state index in [4.69, 9.17) is 19.9 Å². The normalized spacial score (nSPS) is 12.8. The first-order valence-corrected chi connectivity index (χ1v) is 33.1. The standard InChI is InChI=1S/C64H89N9O16S2/c1-41(2)56(61(81)72-51(12-11-32-67-62(65)82)60(80)70-48-23-17-44(18-24-48)38-87-10)73-53(74)30-29-52(59(79)69-36-54(75)66-33-31-64(8,9)89-35-34-88-63(5,6)7)71-55(76)37-68-58(78)46-21-19-45(20-22-46)57(77)47(39-90(83,84)49-25-13-42(3)14-26-49)40-91(85,86)50-27-15-43(4)16-28-50/h13-28,41,47,51-52,56H,11-12,29-40H2,1-10H3,(H,66,75)(H,68,78)(H,69,79)(H,70,80)(H,71,76)(H,72,81)(H,73,74)(H3,65,67,82)/t51-,52-,56?/m0/s1. The number of carbonyl (C=O) groups excluding carboxylic acids is 9. The van der Waals surface area contributed by atoms with Gasteiger partial charge in [0.2, 0.25) is 35.4 Å². The molecule has 3 atom stereocenters. The Labute approximate surface area is 533 Å². The van der Waals surface area contributed by atoms with Crippen molar-refractivity contribution >= 4 is 78.5 Å². The summed E-state index contributed by atoms with van der Waals surface area (Å²) in [7, 11) is -6.85. The van der Waals surface area contributed by atoms with Crippen molar-refractivity contribution in [3.05, 3.63) is 125 Å². The van der Waals surface area contributed by atoms with Crippen LogP contribution in [0.15, 0.2) is 107 Å². The van der Waals surface area contributed by atoms with Gasteiger partial charge in [-0.25, -0.2) is 21.6 Å². The SMILES string of the molecule is COCc1ccc(NC(=O)[C@H](CCCNC(N)=O)NC(=O)C(NC(=O)CC[C@H](NC(=O)CNC(=O)c2ccc(C(=O)C(CS(=O)(=O)c3ccc(C)cc3)CS(=O)(=O)c3ccc(C)cc3)cc2)C(=O)NCC(=O)NCCC(C)(C)OCCOC(C)(C)C)C(C)C)cc1. The maximum Gasteiger partial charge on any atom is 0.312 e. The Balaban J connectivity index is 1.48. The lowest BCUT2D eigenvalue weighted by Gasteiger charge is -2.27. The van der Waals surface area contributed by atoms with Gasteiger partial charge in [0.15, 0.2) is 25.5 Å². The van der Waals surface area contributed by atoms with Gasteiger partial charge in [-0.15, -0.1) is 0 Å². The lowest BCUT2D eigenvalue weighted by atomic mass is 9.99. The second-order valence-corrected chi connectivity index (χ2v) is 28.0. The number of hydrogen-bond acceptors (Lipinski definition) is 16. The van der Waals surface area contributed by atoms with E-state index in [2.05, 4.69) is 42.5 Å². The number of benzene rings is 4. The van der Waals surface area contributed by atoms with Crippen molar-refractivity contribution in [2.45, 2.75) is 140 Å². The van der Waals surface area contributed by atoms with E-state index in [1.165, 1.54) is 48.5 Å². The van der Waals surface area contributed by atoms with Crippen LogP contribution in [-0.4, -0.2) is 157 Å². The van der Waals surface area contributed by atoms with Crippen LogP contribution >= 0.6 is 0 Å². The van der Waals surface area contributed by atoms with E-state index >= 15 is 0 Å². The third-order valence-electron chi connectivity index (χ3n) is 14.1. The predicted octanol–water partition coefficient (Wildman–Crippen LogP) is 4.14. The molecule has 27 heteroatoms. The van der Waals surface area contributed by atoms with Crippen molar-refractivity contribution < 1.29 is 74.2 Å². The molecule has 25 nitrogen and oxygen atoms in total. The second kappa shape index (κ2) is 35.5. The van der Waals surface area contributed by atoms with Gasteiger partial charge >= 0.3 is 6.03 Å². The Morgan fingerprint density at radius 2 is 1.10 bits per heavy atom. The Kier molecular flexibility index (Phi) is 29.4. The molecule has 0 aromatic heterocycles.